The van der Waals surface area contributed by atoms with Crippen molar-refractivity contribution in [2.75, 3.05) is 0 Å². The Morgan fingerprint density at radius 1 is 1.12 bits per heavy atom. The number of rotatable bonds is 3. The van der Waals surface area contributed by atoms with Crippen LogP contribution >= 0.6 is 11.6 Å². The van der Waals surface area contributed by atoms with Gasteiger partial charge in [0.05, 0.1) is 11.1 Å². The first-order valence-electron chi connectivity index (χ1n) is 6.98. The van der Waals surface area contributed by atoms with E-state index >= 15 is 0 Å². The second kappa shape index (κ2) is 6.41. The van der Waals surface area contributed by atoms with Gasteiger partial charge in [-0.25, -0.2) is 4.39 Å². The normalized spacial score (nSPS) is 11.6. The van der Waals surface area contributed by atoms with Gasteiger partial charge in [-0.15, -0.1) is 10.2 Å². The molecule has 0 spiro atoms. The van der Waals surface area contributed by atoms with Gasteiger partial charge < -0.3 is 10.2 Å². The van der Waals surface area contributed by atoms with E-state index in [1.54, 1.807) is 12.1 Å². The number of benzene rings is 2. The highest BCUT2D eigenvalue weighted by Crippen LogP contribution is 2.41. The number of primary amides is 1. The number of halogens is 5. The zero-order chi connectivity index (χ0) is 19.1. The molecular weight excluding hydrogens is 378 g/mol. The topological polar surface area (TPSA) is 82.0 Å². The molecule has 10 heteroatoms. The molecule has 0 aliphatic rings. The molecule has 0 saturated heterocycles. The molecule has 134 valence electrons. The summed E-state index contributed by atoms with van der Waals surface area (Å²) in [5.41, 5.74) is 2.23. The lowest BCUT2D eigenvalue weighted by atomic mass is 9.99. The summed E-state index contributed by atoms with van der Waals surface area (Å²) in [6, 6.07) is 7.45. The molecule has 2 aromatic carbocycles. The molecule has 1 amide bonds. The highest BCUT2D eigenvalue weighted by molar-refractivity contribution is 6.30. The van der Waals surface area contributed by atoms with E-state index in [0.717, 1.165) is 6.07 Å². The lowest BCUT2D eigenvalue weighted by Gasteiger charge is -2.14. The third-order valence-corrected chi connectivity index (χ3v) is 3.65. The highest BCUT2D eigenvalue weighted by atomic mass is 35.5. The molecule has 0 saturated carbocycles. The highest BCUT2D eigenvalue weighted by Gasteiger charge is 2.40. The van der Waals surface area contributed by atoms with Crippen molar-refractivity contribution < 1.29 is 26.8 Å². The van der Waals surface area contributed by atoms with Crippen molar-refractivity contribution in [3.8, 4) is 22.9 Å². The van der Waals surface area contributed by atoms with Gasteiger partial charge in [0, 0.05) is 10.6 Å². The van der Waals surface area contributed by atoms with Crippen LogP contribution in [0.4, 0.5) is 17.6 Å². The van der Waals surface area contributed by atoms with Crippen LogP contribution in [0, 0.1) is 5.82 Å². The van der Waals surface area contributed by atoms with E-state index in [4.69, 9.17) is 21.8 Å². The maximum Gasteiger partial charge on any atom is 0.420 e. The molecule has 0 aliphatic heterocycles. The SMILES string of the molecule is NC(=O)c1ccc(F)c(C(F)(F)F)c1-c1nnc(-c2cccc(Cl)c2)o1. The van der Waals surface area contributed by atoms with Gasteiger partial charge in [0.15, 0.2) is 0 Å². The van der Waals surface area contributed by atoms with E-state index < -0.39 is 40.5 Å². The van der Waals surface area contributed by atoms with Crippen molar-refractivity contribution in [2.45, 2.75) is 6.18 Å². The molecule has 3 aromatic rings. The van der Waals surface area contributed by atoms with Crippen molar-refractivity contribution >= 4 is 17.5 Å². The molecule has 0 atom stereocenters. The number of nitrogens with zero attached hydrogens (tertiary/aromatic N) is 2. The average Bonchev–Trinajstić information content (AvgIpc) is 3.02. The van der Waals surface area contributed by atoms with Crippen LogP contribution in [0.15, 0.2) is 40.8 Å². The fraction of sp³-hybridized carbons (Fsp3) is 0.0625. The first-order valence-corrected chi connectivity index (χ1v) is 7.35. The predicted molar refractivity (Wildman–Crippen MR) is 83.7 cm³/mol. The minimum absolute atomic E-state index is 0.157. The summed E-state index contributed by atoms with van der Waals surface area (Å²) in [6.45, 7) is 0. The molecule has 3 rings (SSSR count). The van der Waals surface area contributed by atoms with E-state index in [0.29, 0.717) is 16.7 Å². The fourth-order valence-electron chi connectivity index (χ4n) is 2.34. The van der Waals surface area contributed by atoms with Gasteiger partial charge in [-0.2, -0.15) is 13.2 Å². The molecule has 26 heavy (non-hydrogen) atoms. The minimum atomic E-state index is -5.12. The molecule has 0 radical (unpaired) electrons. The van der Waals surface area contributed by atoms with E-state index in [1.807, 2.05) is 0 Å². The second-order valence-electron chi connectivity index (χ2n) is 5.13. The zero-order valence-electron chi connectivity index (χ0n) is 12.6. The van der Waals surface area contributed by atoms with Crippen molar-refractivity contribution in [3.05, 3.63) is 58.4 Å². The molecule has 0 aliphatic carbocycles. The maximum absolute atomic E-state index is 13.9. The number of hydrogen-bond acceptors (Lipinski definition) is 4. The largest absolute Gasteiger partial charge is 0.420 e. The number of carbonyl (C=O) groups excluding carboxylic acids is 1. The van der Waals surface area contributed by atoms with E-state index in [1.165, 1.54) is 12.1 Å². The number of nitrogens with two attached hydrogens (primary N) is 1. The quantitative estimate of drug-likeness (QED) is 0.681. The van der Waals surface area contributed by atoms with Crippen LogP contribution in [-0.2, 0) is 6.18 Å². The van der Waals surface area contributed by atoms with Crippen LogP contribution in [0.2, 0.25) is 5.02 Å². The number of amides is 1. The Morgan fingerprint density at radius 3 is 2.42 bits per heavy atom. The Kier molecular flexibility index (Phi) is 4.41. The summed E-state index contributed by atoms with van der Waals surface area (Å²) < 4.78 is 59.1. The van der Waals surface area contributed by atoms with Crippen LogP contribution in [0.3, 0.4) is 0 Å². The maximum atomic E-state index is 13.9. The summed E-state index contributed by atoms with van der Waals surface area (Å²) in [5, 5.41) is 7.49. The predicted octanol–water partition coefficient (Wildman–Crippen LogP) is 4.31. The minimum Gasteiger partial charge on any atom is -0.416 e. The van der Waals surface area contributed by atoms with Crippen molar-refractivity contribution in [2.24, 2.45) is 5.73 Å². The van der Waals surface area contributed by atoms with Crippen LogP contribution in [0.1, 0.15) is 15.9 Å². The summed E-state index contributed by atoms with van der Waals surface area (Å²) >= 11 is 5.84. The smallest absolute Gasteiger partial charge is 0.416 e. The van der Waals surface area contributed by atoms with Gasteiger partial charge in [0.1, 0.15) is 11.4 Å². The monoisotopic (exact) mass is 385 g/mol. The summed E-state index contributed by atoms with van der Waals surface area (Å²) in [6.07, 6.45) is -5.12. The standard InChI is InChI=1S/C16H8ClF4N3O2/c17-8-3-1-2-7(6-8)14-23-24-15(26-14)11-9(13(22)25)4-5-10(18)12(11)16(19,20)21/h1-6H,(H2,22,25). The number of carbonyl (C=O) groups is 1. The molecular formula is C16H8ClF4N3O2. The van der Waals surface area contributed by atoms with Gasteiger partial charge in [-0.05, 0) is 30.3 Å². The van der Waals surface area contributed by atoms with E-state index in [-0.39, 0.29) is 5.89 Å². The Bertz CT molecular complexity index is 1000. The Hall–Kier alpha value is -2.94. The lowest BCUT2D eigenvalue weighted by Crippen LogP contribution is -2.18. The summed E-state index contributed by atoms with van der Waals surface area (Å²) in [7, 11) is 0. The Balaban J connectivity index is 2.24. The second-order valence-corrected chi connectivity index (χ2v) is 5.57. The van der Waals surface area contributed by atoms with Crippen molar-refractivity contribution in [1.29, 1.82) is 0 Å². The van der Waals surface area contributed by atoms with Crippen LogP contribution in [-0.4, -0.2) is 16.1 Å². The van der Waals surface area contributed by atoms with Crippen molar-refractivity contribution in [3.63, 3.8) is 0 Å². The Labute approximate surface area is 148 Å². The molecule has 0 bridgehead atoms. The average molecular weight is 386 g/mol. The Morgan fingerprint density at radius 2 is 1.81 bits per heavy atom. The fourth-order valence-corrected chi connectivity index (χ4v) is 2.53. The summed E-state index contributed by atoms with van der Waals surface area (Å²) in [5.74, 6) is -3.65. The first kappa shape index (κ1) is 17.9. The number of alkyl halides is 3. The van der Waals surface area contributed by atoms with Gasteiger partial charge in [-0.3, -0.25) is 4.79 Å². The molecule has 1 heterocycles. The van der Waals surface area contributed by atoms with Crippen LogP contribution < -0.4 is 5.73 Å². The van der Waals surface area contributed by atoms with Gasteiger partial charge >= 0.3 is 6.18 Å². The van der Waals surface area contributed by atoms with Crippen LogP contribution in [0.5, 0.6) is 0 Å². The molecule has 0 fully saturated rings. The summed E-state index contributed by atoms with van der Waals surface area (Å²) in [4.78, 5) is 11.5. The molecule has 5 nitrogen and oxygen atoms in total. The van der Waals surface area contributed by atoms with Crippen molar-refractivity contribution in [1.82, 2.24) is 10.2 Å². The van der Waals surface area contributed by atoms with E-state index in [9.17, 15) is 22.4 Å². The number of aromatic nitrogens is 2. The number of hydrogen-bond donors (Lipinski definition) is 1. The molecule has 1 aromatic heterocycles. The van der Waals surface area contributed by atoms with Gasteiger partial charge in [-0.1, -0.05) is 17.7 Å². The van der Waals surface area contributed by atoms with Gasteiger partial charge in [0.25, 0.3) is 0 Å². The van der Waals surface area contributed by atoms with Gasteiger partial charge in [0.2, 0.25) is 17.7 Å². The third-order valence-electron chi connectivity index (χ3n) is 3.41. The third kappa shape index (κ3) is 3.25. The zero-order valence-corrected chi connectivity index (χ0v) is 13.4. The lowest BCUT2D eigenvalue weighted by molar-refractivity contribution is -0.139. The molecule has 2 N–H and O–H groups in total. The van der Waals surface area contributed by atoms with Crippen LogP contribution in [0.25, 0.3) is 22.9 Å². The van der Waals surface area contributed by atoms with E-state index in [2.05, 4.69) is 10.2 Å². The first-order chi connectivity index (χ1) is 12.2. The molecule has 0 unspecified atom stereocenters.